The molecule has 0 aromatic carbocycles. The zero-order chi connectivity index (χ0) is 18.4. The van der Waals surface area contributed by atoms with E-state index in [2.05, 4.69) is 32.6 Å². The summed E-state index contributed by atoms with van der Waals surface area (Å²) in [5.74, 6) is 1.68. The Morgan fingerprint density at radius 1 is 1.37 bits per heavy atom. The standard InChI is InChI=1S/C17H27N7OS.HI/c1-3-13-11-20-15(26-13)12-21-16(18-2)19-8-6-10-24-17(25)23-9-5-4-7-14(23)22-24;/h11H,3-10,12H2,1-2H3,(H2,18,19,21);1H. The van der Waals surface area contributed by atoms with Gasteiger partial charge in [0.15, 0.2) is 5.96 Å². The number of aryl methyl sites for hydroxylation is 3. The molecule has 0 amide bonds. The Labute approximate surface area is 180 Å². The maximum Gasteiger partial charge on any atom is 0.345 e. The highest BCUT2D eigenvalue weighted by Crippen LogP contribution is 2.12. The molecule has 1 aliphatic rings. The van der Waals surface area contributed by atoms with Crippen molar-refractivity contribution < 1.29 is 0 Å². The normalized spacial score (nSPS) is 13.8. The fourth-order valence-electron chi connectivity index (χ4n) is 3.00. The predicted octanol–water partition coefficient (Wildman–Crippen LogP) is 1.77. The minimum Gasteiger partial charge on any atom is -0.356 e. The van der Waals surface area contributed by atoms with Crippen molar-refractivity contribution in [1.82, 2.24) is 30.0 Å². The number of hydrogen-bond donors (Lipinski definition) is 2. The van der Waals surface area contributed by atoms with Gasteiger partial charge in [-0.25, -0.2) is 14.5 Å². The lowest BCUT2D eigenvalue weighted by Crippen LogP contribution is -2.37. The van der Waals surface area contributed by atoms with Crippen LogP contribution in [-0.2, 0) is 32.5 Å². The molecular weight excluding hydrogens is 477 g/mol. The van der Waals surface area contributed by atoms with Crippen LogP contribution in [0.1, 0.15) is 41.9 Å². The molecule has 0 saturated heterocycles. The van der Waals surface area contributed by atoms with E-state index in [1.807, 2.05) is 10.8 Å². The molecule has 0 spiro atoms. The predicted molar refractivity (Wildman–Crippen MR) is 119 cm³/mol. The minimum atomic E-state index is 0. The number of fused-ring (bicyclic) bond motifs is 1. The number of halogens is 1. The van der Waals surface area contributed by atoms with Gasteiger partial charge in [0.1, 0.15) is 10.8 Å². The SMILES string of the molecule is CCc1cnc(CNC(=NC)NCCCn2nc3n(c2=O)CCCC3)s1.I. The van der Waals surface area contributed by atoms with Gasteiger partial charge in [0.25, 0.3) is 0 Å². The van der Waals surface area contributed by atoms with Crippen LogP contribution in [-0.4, -0.2) is 38.9 Å². The number of nitrogens with one attached hydrogen (secondary N) is 2. The number of nitrogens with zero attached hydrogens (tertiary/aromatic N) is 5. The van der Waals surface area contributed by atoms with Gasteiger partial charge in [0.05, 0.1) is 6.54 Å². The van der Waals surface area contributed by atoms with Gasteiger partial charge in [-0.2, -0.15) is 5.10 Å². The monoisotopic (exact) mass is 505 g/mol. The van der Waals surface area contributed by atoms with Crippen molar-refractivity contribution in [3.8, 4) is 0 Å². The molecule has 0 radical (unpaired) electrons. The summed E-state index contributed by atoms with van der Waals surface area (Å²) in [5.41, 5.74) is 0.0257. The Kier molecular flexibility index (Phi) is 8.74. The minimum absolute atomic E-state index is 0. The summed E-state index contributed by atoms with van der Waals surface area (Å²) >= 11 is 1.72. The summed E-state index contributed by atoms with van der Waals surface area (Å²) in [6.45, 7) is 4.95. The van der Waals surface area contributed by atoms with Crippen molar-refractivity contribution in [3.05, 3.63) is 32.4 Å². The van der Waals surface area contributed by atoms with Crippen LogP contribution >= 0.6 is 35.3 Å². The highest BCUT2D eigenvalue weighted by atomic mass is 127. The molecule has 0 bridgehead atoms. The average molecular weight is 505 g/mol. The van der Waals surface area contributed by atoms with E-state index < -0.39 is 0 Å². The maximum atomic E-state index is 12.3. The summed E-state index contributed by atoms with van der Waals surface area (Å²) < 4.78 is 3.41. The van der Waals surface area contributed by atoms with E-state index in [9.17, 15) is 4.79 Å². The molecule has 2 N–H and O–H groups in total. The second kappa shape index (κ2) is 10.8. The summed E-state index contributed by atoms with van der Waals surface area (Å²) in [5, 5.41) is 12.1. The van der Waals surface area contributed by atoms with Crippen molar-refractivity contribution in [2.45, 2.75) is 58.7 Å². The third-order valence-corrected chi connectivity index (χ3v) is 5.59. The number of thiazole rings is 1. The van der Waals surface area contributed by atoms with E-state index in [1.54, 1.807) is 23.1 Å². The van der Waals surface area contributed by atoms with E-state index in [0.29, 0.717) is 13.1 Å². The topological polar surface area (TPSA) is 89.1 Å². The van der Waals surface area contributed by atoms with Gasteiger partial charge >= 0.3 is 5.69 Å². The molecule has 2 aromatic heterocycles. The van der Waals surface area contributed by atoms with Gasteiger partial charge in [0.2, 0.25) is 0 Å². The van der Waals surface area contributed by atoms with Crippen LogP contribution in [0, 0.1) is 0 Å². The van der Waals surface area contributed by atoms with Crippen molar-refractivity contribution in [2.24, 2.45) is 4.99 Å². The first-order valence-corrected chi connectivity index (χ1v) is 10.1. The van der Waals surface area contributed by atoms with Crippen LogP contribution < -0.4 is 16.3 Å². The van der Waals surface area contributed by atoms with Crippen molar-refractivity contribution in [1.29, 1.82) is 0 Å². The lowest BCUT2D eigenvalue weighted by Gasteiger charge is -2.10. The number of aliphatic imine (C=N–C) groups is 1. The van der Waals surface area contributed by atoms with Crippen LogP contribution in [0.15, 0.2) is 16.0 Å². The third kappa shape index (κ3) is 5.77. The zero-order valence-corrected chi connectivity index (χ0v) is 19.0. The molecule has 0 unspecified atom stereocenters. The van der Waals surface area contributed by atoms with Crippen LogP contribution in [0.4, 0.5) is 0 Å². The Hall–Kier alpha value is -1.43. The van der Waals surface area contributed by atoms with Crippen LogP contribution in [0.25, 0.3) is 0 Å². The highest BCUT2D eigenvalue weighted by Gasteiger charge is 2.16. The molecule has 0 fully saturated rings. The first-order chi connectivity index (χ1) is 12.7. The second-order valence-electron chi connectivity index (χ2n) is 6.31. The van der Waals surface area contributed by atoms with E-state index in [0.717, 1.165) is 62.0 Å². The van der Waals surface area contributed by atoms with Gasteiger partial charge in [-0.15, -0.1) is 35.3 Å². The van der Waals surface area contributed by atoms with Crippen molar-refractivity contribution in [2.75, 3.05) is 13.6 Å². The third-order valence-electron chi connectivity index (χ3n) is 4.45. The average Bonchev–Trinajstić information content (AvgIpc) is 3.26. The summed E-state index contributed by atoms with van der Waals surface area (Å²) in [4.78, 5) is 22.2. The van der Waals surface area contributed by atoms with E-state index in [4.69, 9.17) is 0 Å². The van der Waals surface area contributed by atoms with Gasteiger partial charge in [-0.1, -0.05) is 6.92 Å². The maximum absolute atomic E-state index is 12.3. The Morgan fingerprint density at radius 3 is 2.93 bits per heavy atom. The largest absolute Gasteiger partial charge is 0.356 e. The zero-order valence-electron chi connectivity index (χ0n) is 15.9. The van der Waals surface area contributed by atoms with Crippen LogP contribution in [0.3, 0.4) is 0 Å². The number of hydrogen-bond acceptors (Lipinski definition) is 5. The highest BCUT2D eigenvalue weighted by molar-refractivity contribution is 14.0. The fraction of sp³-hybridized carbons (Fsp3) is 0.647. The lowest BCUT2D eigenvalue weighted by molar-refractivity contribution is 0.509. The van der Waals surface area contributed by atoms with Gasteiger partial charge in [0, 0.05) is 44.2 Å². The molecule has 0 atom stereocenters. The van der Waals surface area contributed by atoms with Crippen LogP contribution in [0.5, 0.6) is 0 Å². The Morgan fingerprint density at radius 2 is 2.22 bits per heavy atom. The molecule has 10 heteroatoms. The molecule has 0 saturated carbocycles. The molecular formula is C17H28IN7OS. The fourth-order valence-corrected chi connectivity index (χ4v) is 3.81. The number of rotatable bonds is 7. The Balaban J connectivity index is 0.00000261. The van der Waals surface area contributed by atoms with Crippen LogP contribution in [0.2, 0.25) is 0 Å². The smallest absolute Gasteiger partial charge is 0.345 e. The molecule has 150 valence electrons. The first-order valence-electron chi connectivity index (χ1n) is 9.26. The quantitative estimate of drug-likeness (QED) is 0.259. The van der Waals surface area contributed by atoms with E-state index >= 15 is 0 Å². The molecule has 1 aliphatic heterocycles. The van der Waals surface area contributed by atoms with Crippen molar-refractivity contribution >= 4 is 41.3 Å². The van der Waals surface area contributed by atoms with E-state index in [1.165, 1.54) is 4.88 Å². The van der Waals surface area contributed by atoms with Crippen molar-refractivity contribution in [3.63, 3.8) is 0 Å². The van der Waals surface area contributed by atoms with Gasteiger partial charge in [-0.3, -0.25) is 9.56 Å². The van der Waals surface area contributed by atoms with Gasteiger partial charge < -0.3 is 10.6 Å². The van der Waals surface area contributed by atoms with Gasteiger partial charge in [-0.05, 0) is 25.7 Å². The molecule has 0 aliphatic carbocycles. The summed E-state index contributed by atoms with van der Waals surface area (Å²) in [6.07, 6.45) is 6.86. The Bertz CT molecular complexity index is 811. The van der Waals surface area contributed by atoms with E-state index in [-0.39, 0.29) is 29.7 Å². The lowest BCUT2D eigenvalue weighted by atomic mass is 10.2. The molecule has 8 nitrogen and oxygen atoms in total. The molecule has 3 heterocycles. The number of guanidine groups is 1. The second-order valence-corrected chi connectivity index (χ2v) is 7.51. The molecule has 27 heavy (non-hydrogen) atoms. The summed E-state index contributed by atoms with van der Waals surface area (Å²) in [7, 11) is 1.75. The molecule has 3 rings (SSSR count). The summed E-state index contributed by atoms with van der Waals surface area (Å²) in [6, 6.07) is 0. The molecule has 2 aromatic rings. The first kappa shape index (κ1) is 21.9. The number of aromatic nitrogens is 4.